The molecule has 0 bridgehead atoms. The van der Waals surface area contributed by atoms with E-state index in [1.807, 2.05) is 24.3 Å². The van der Waals surface area contributed by atoms with Crippen LogP contribution in [0.5, 0.6) is 0 Å². The Morgan fingerprint density at radius 1 is 1.23 bits per heavy atom. The molecular weight excluding hydrogens is 276 g/mol. The van der Waals surface area contributed by atoms with Crippen LogP contribution >= 0.6 is 0 Å². The Hall–Kier alpha value is -1.62. The van der Waals surface area contributed by atoms with E-state index in [4.69, 9.17) is 0 Å². The highest BCUT2D eigenvalue weighted by Gasteiger charge is 2.31. The number of aryl methyl sites for hydroxylation is 1. The van der Waals surface area contributed by atoms with Crippen molar-refractivity contribution in [2.24, 2.45) is 7.05 Å². The molecule has 1 saturated heterocycles. The molecule has 0 radical (unpaired) electrons. The fourth-order valence-corrected chi connectivity index (χ4v) is 3.45. The third-order valence-corrected chi connectivity index (χ3v) is 4.91. The van der Waals surface area contributed by atoms with E-state index < -0.39 is 0 Å². The minimum atomic E-state index is 0.184. The van der Waals surface area contributed by atoms with E-state index in [9.17, 15) is 4.79 Å². The molecule has 5 heteroatoms. The summed E-state index contributed by atoms with van der Waals surface area (Å²) in [5.41, 5.74) is 1.03. The van der Waals surface area contributed by atoms with Crippen molar-refractivity contribution in [1.29, 1.82) is 0 Å². The van der Waals surface area contributed by atoms with E-state index in [2.05, 4.69) is 27.6 Å². The van der Waals surface area contributed by atoms with Crippen molar-refractivity contribution in [2.45, 2.75) is 38.1 Å². The Labute approximate surface area is 132 Å². The van der Waals surface area contributed by atoms with Gasteiger partial charge in [-0.15, -0.1) is 0 Å². The van der Waals surface area contributed by atoms with E-state index in [-0.39, 0.29) is 11.9 Å². The molecule has 1 amide bonds. The van der Waals surface area contributed by atoms with Gasteiger partial charge >= 0.3 is 0 Å². The van der Waals surface area contributed by atoms with Crippen LogP contribution < -0.4 is 0 Å². The standard InChI is InChI=1S/C17H26N4O/c1-19-11-12-21(13-15(19)16-18-9-10-20(16)2)17(22)14-7-5-3-4-6-8-14/h7,9-10,15H,3-6,8,11-13H2,1-2H3/t15-/m1/s1. The number of hydrogen-bond donors (Lipinski definition) is 0. The van der Waals surface area contributed by atoms with Gasteiger partial charge in [0.15, 0.2) is 0 Å². The summed E-state index contributed by atoms with van der Waals surface area (Å²) >= 11 is 0. The maximum Gasteiger partial charge on any atom is 0.249 e. The van der Waals surface area contributed by atoms with Crippen molar-refractivity contribution >= 4 is 5.91 Å². The Kier molecular flexibility index (Phi) is 4.62. The third-order valence-electron chi connectivity index (χ3n) is 4.91. The van der Waals surface area contributed by atoms with Crippen LogP contribution in [0, 0.1) is 0 Å². The van der Waals surface area contributed by atoms with Crippen molar-refractivity contribution < 1.29 is 4.79 Å². The second kappa shape index (κ2) is 6.65. The van der Waals surface area contributed by atoms with E-state index in [0.29, 0.717) is 0 Å². The van der Waals surface area contributed by atoms with Crippen molar-refractivity contribution in [3.8, 4) is 0 Å². The van der Waals surface area contributed by atoms with Crippen LogP contribution in [0.4, 0.5) is 0 Å². The summed E-state index contributed by atoms with van der Waals surface area (Å²) in [7, 11) is 4.14. The zero-order valence-electron chi connectivity index (χ0n) is 13.7. The van der Waals surface area contributed by atoms with Gasteiger partial charge in [-0.1, -0.05) is 12.5 Å². The Morgan fingerprint density at radius 2 is 2.09 bits per heavy atom. The number of carbonyl (C=O) groups excluding carboxylic acids is 1. The van der Waals surface area contributed by atoms with Crippen LogP contribution in [-0.2, 0) is 11.8 Å². The lowest BCUT2D eigenvalue weighted by Crippen LogP contribution is -2.50. The van der Waals surface area contributed by atoms with Crippen molar-refractivity contribution in [2.75, 3.05) is 26.7 Å². The summed E-state index contributed by atoms with van der Waals surface area (Å²) in [4.78, 5) is 21.6. The van der Waals surface area contributed by atoms with Crippen LogP contribution in [0.2, 0.25) is 0 Å². The van der Waals surface area contributed by atoms with Crippen LogP contribution in [0.25, 0.3) is 0 Å². The highest BCUT2D eigenvalue weighted by atomic mass is 16.2. The van der Waals surface area contributed by atoms with Gasteiger partial charge in [0, 0.05) is 44.6 Å². The number of imidazole rings is 1. The largest absolute Gasteiger partial charge is 0.337 e. The average Bonchev–Trinajstić information content (AvgIpc) is 2.78. The zero-order valence-corrected chi connectivity index (χ0v) is 13.7. The lowest BCUT2D eigenvalue weighted by Gasteiger charge is -2.39. The number of aromatic nitrogens is 2. The second-order valence-corrected chi connectivity index (χ2v) is 6.47. The molecule has 0 aromatic carbocycles. The summed E-state index contributed by atoms with van der Waals surface area (Å²) < 4.78 is 2.06. The predicted molar refractivity (Wildman–Crippen MR) is 86.3 cm³/mol. The first-order valence-corrected chi connectivity index (χ1v) is 8.32. The van der Waals surface area contributed by atoms with Crippen LogP contribution in [-0.4, -0.2) is 51.9 Å². The lowest BCUT2D eigenvalue weighted by molar-refractivity contribution is -0.130. The fraction of sp³-hybridized carbons (Fsp3) is 0.647. The first kappa shape index (κ1) is 15.3. The third kappa shape index (κ3) is 3.09. The predicted octanol–water partition coefficient (Wildman–Crippen LogP) is 2.13. The first-order valence-electron chi connectivity index (χ1n) is 8.32. The number of carbonyl (C=O) groups is 1. The molecule has 0 N–H and O–H groups in total. The monoisotopic (exact) mass is 302 g/mol. The maximum atomic E-state index is 12.8. The lowest BCUT2D eigenvalue weighted by atomic mass is 10.1. The highest BCUT2D eigenvalue weighted by molar-refractivity contribution is 5.93. The molecule has 1 aromatic heterocycles. The van der Waals surface area contributed by atoms with Crippen molar-refractivity contribution in [3.05, 3.63) is 29.9 Å². The molecule has 22 heavy (non-hydrogen) atoms. The van der Waals surface area contributed by atoms with Crippen LogP contribution in [0.1, 0.15) is 44.0 Å². The average molecular weight is 302 g/mol. The highest BCUT2D eigenvalue weighted by Crippen LogP contribution is 2.25. The summed E-state index contributed by atoms with van der Waals surface area (Å²) in [6, 6.07) is 0.184. The molecule has 1 atom stereocenters. The van der Waals surface area contributed by atoms with Crippen molar-refractivity contribution in [3.63, 3.8) is 0 Å². The molecule has 1 aromatic rings. The summed E-state index contributed by atoms with van der Waals surface area (Å²) in [6.07, 6.45) is 11.6. The molecule has 0 unspecified atom stereocenters. The number of amides is 1. The smallest absolute Gasteiger partial charge is 0.249 e. The molecule has 0 saturated carbocycles. The molecule has 2 aliphatic rings. The molecule has 120 valence electrons. The number of piperazine rings is 1. The topological polar surface area (TPSA) is 41.4 Å². The molecule has 2 heterocycles. The summed E-state index contributed by atoms with van der Waals surface area (Å²) in [5, 5.41) is 0. The quantitative estimate of drug-likeness (QED) is 0.840. The molecule has 1 aliphatic heterocycles. The van der Waals surface area contributed by atoms with Gasteiger partial charge in [-0.25, -0.2) is 4.98 Å². The summed E-state index contributed by atoms with van der Waals surface area (Å²) in [6.45, 7) is 2.45. The number of hydrogen-bond acceptors (Lipinski definition) is 3. The number of likely N-dealkylation sites (N-methyl/N-ethyl adjacent to an activating group) is 1. The Balaban J connectivity index is 1.74. The number of allylic oxidation sites excluding steroid dienone is 1. The minimum absolute atomic E-state index is 0.184. The van der Waals surface area contributed by atoms with Crippen LogP contribution in [0.15, 0.2) is 24.0 Å². The Bertz CT molecular complexity index is 563. The van der Waals surface area contributed by atoms with Gasteiger partial charge in [0.05, 0.1) is 6.04 Å². The number of rotatable bonds is 2. The Morgan fingerprint density at radius 3 is 2.86 bits per heavy atom. The molecule has 1 aliphatic carbocycles. The van der Waals surface area contributed by atoms with Gasteiger partial charge in [0.2, 0.25) is 5.91 Å². The summed E-state index contributed by atoms with van der Waals surface area (Å²) in [5.74, 6) is 1.28. The van der Waals surface area contributed by atoms with Gasteiger partial charge in [-0.3, -0.25) is 9.69 Å². The van der Waals surface area contributed by atoms with Gasteiger partial charge in [-0.2, -0.15) is 0 Å². The van der Waals surface area contributed by atoms with Gasteiger partial charge in [0.1, 0.15) is 5.82 Å². The SMILES string of the molecule is CN1CCN(C(=O)C2=CCCCCC2)C[C@@H]1c1nccn1C. The first-order chi connectivity index (χ1) is 10.7. The molecule has 0 spiro atoms. The second-order valence-electron chi connectivity index (χ2n) is 6.47. The van der Waals surface area contributed by atoms with Gasteiger partial charge in [0.25, 0.3) is 0 Å². The minimum Gasteiger partial charge on any atom is -0.337 e. The van der Waals surface area contributed by atoms with E-state index >= 15 is 0 Å². The normalized spacial score (nSPS) is 24.0. The van der Waals surface area contributed by atoms with Crippen LogP contribution in [0.3, 0.4) is 0 Å². The molecule has 3 rings (SSSR count). The van der Waals surface area contributed by atoms with E-state index in [1.54, 1.807) is 0 Å². The van der Waals surface area contributed by atoms with Crippen molar-refractivity contribution in [1.82, 2.24) is 19.4 Å². The fourth-order valence-electron chi connectivity index (χ4n) is 3.45. The number of nitrogens with zero attached hydrogens (tertiary/aromatic N) is 4. The van der Waals surface area contributed by atoms with Gasteiger partial charge < -0.3 is 9.47 Å². The van der Waals surface area contributed by atoms with E-state index in [1.165, 1.54) is 12.8 Å². The zero-order chi connectivity index (χ0) is 15.5. The molecule has 1 fully saturated rings. The molecule has 5 nitrogen and oxygen atoms in total. The maximum absolute atomic E-state index is 12.8. The van der Waals surface area contributed by atoms with Gasteiger partial charge in [-0.05, 0) is 32.7 Å². The van der Waals surface area contributed by atoms with E-state index in [0.717, 1.165) is 50.3 Å². The molecular formula is C17H26N4O.